The summed E-state index contributed by atoms with van der Waals surface area (Å²) < 4.78 is 25.4. The third kappa shape index (κ3) is 3.83. The van der Waals surface area contributed by atoms with Gasteiger partial charge in [-0.1, -0.05) is 72.3 Å². The molecule has 0 saturated carbocycles. The summed E-state index contributed by atoms with van der Waals surface area (Å²) >= 11 is 9.57. The topological polar surface area (TPSA) is 69.7 Å². The second-order valence-electron chi connectivity index (χ2n) is 6.20. The van der Waals surface area contributed by atoms with Crippen molar-refractivity contribution in [2.24, 2.45) is 0 Å². The van der Waals surface area contributed by atoms with Crippen LogP contribution in [0.15, 0.2) is 71.2 Å². The first-order valence-electron chi connectivity index (χ1n) is 8.76. The molecule has 0 N–H and O–H groups in total. The van der Waals surface area contributed by atoms with Gasteiger partial charge in [-0.15, -0.1) is 0 Å². The molecule has 0 fully saturated rings. The maximum Gasteiger partial charge on any atom is 0.248 e. The quantitative estimate of drug-likeness (QED) is 0.379. The predicted molar refractivity (Wildman–Crippen MR) is 121 cm³/mol. The van der Waals surface area contributed by atoms with Gasteiger partial charge in [0, 0.05) is 10.9 Å². The van der Waals surface area contributed by atoms with E-state index >= 15 is 0 Å². The van der Waals surface area contributed by atoms with Crippen molar-refractivity contribution in [2.75, 3.05) is 14.2 Å². The van der Waals surface area contributed by atoms with Crippen molar-refractivity contribution in [2.45, 2.75) is 0 Å². The van der Waals surface area contributed by atoms with E-state index in [2.05, 4.69) is 15.9 Å². The lowest BCUT2D eigenvalue weighted by atomic mass is 10.2. The summed E-state index contributed by atoms with van der Waals surface area (Å²) in [4.78, 5) is 27.3. The van der Waals surface area contributed by atoms with Crippen molar-refractivity contribution in [3.8, 4) is 11.5 Å². The molecule has 3 rings (SSSR count). The molecule has 0 radical (unpaired) electrons. The highest BCUT2D eigenvalue weighted by Gasteiger charge is 2.45. The molecule has 1 unspecified atom stereocenters. The Morgan fingerprint density at radius 2 is 1.40 bits per heavy atom. The standard InChI is InChI=1S/C22H17BrClO5P/c1-28-19-16(23)13-17(24)20(29-2)18(19)22(26)30(27,15-11-7-4-8-12-15)21(25)14-9-5-3-6-10-14/h3-13H,1-2H3. The van der Waals surface area contributed by atoms with E-state index in [-0.39, 0.29) is 33.0 Å². The lowest BCUT2D eigenvalue weighted by Crippen LogP contribution is -2.21. The fourth-order valence-corrected chi connectivity index (χ4v) is 6.34. The van der Waals surface area contributed by atoms with Gasteiger partial charge in [0.05, 0.1) is 23.7 Å². The Bertz CT molecular complexity index is 1120. The highest BCUT2D eigenvalue weighted by Crippen LogP contribution is 2.55. The number of rotatable bonds is 7. The Kier molecular flexibility index (Phi) is 6.81. The molecule has 0 spiro atoms. The first-order chi connectivity index (χ1) is 14.4. The number of carbonyl (C=O) groups excluding carboxylic acids is 2. The van der Waals surface area contributed by atoms with Gasteiger partial charge in [-0.25, -0.2) is 0 Å². The molecule has 0 amide bonds. The summed E-state index contributed by atoms with van der Waals surface area (Å²) in [5, 5.41) is 0.226. The van der Waals surface area contributed by atoms with Gasteiger partial charge < -0.3 is 14.0 Å². The Morgan fingerprint density at radius 1 is 0.867 bits per heavy atom. The second-order valence-corrected chi connectivity index (χ2v) is 10.0. The Balaban J connectivity index is 2.34. The first kappa shape index (κ1) is 22.3. The van der Waals surface area contributed by atoms with Crippen LogP contribution in [0.3, 0.4) is 0 Å². The molecule has 0 saturated heterocycles. The molecule has 5 nitrogen and oxygen atoms in total. The Morgan fingerprint density at radius 3 is 1.93 bits per heavy atom. The zero-order valence-electron chi connectivity index (χ0n) is 16.1. The van der Waals surface area contributed by atoms with Crippen LogP contribution >= 0.6 is 34.7 Å². The maximum atomic E-state index is 14.3. The molecule has 3 aromatic carbocycles. The molecule has 0 aromatic heterocycles. The van der Waals surface area contributed by atoms with Gasteiger partial charge in [0.1, 0.15) is 11.3 Å². The summed E-state index contributed by atoms with van der Waals surface area (Å²) in [6.07, 6.45) is 0. The second kappa shape index (κ2) is 9.17. The highest BCUT2D eigenvalue weighted by molar-refractivity contribution is 9.10. The van der Waals surface area contributed by atoms with Gasteiger partial charge in [-0.05, 0) is 22.0 Å². The average Bonchev–Trinajstić information content (AvgIpc) is 2.78. The van der Waals surface area contributed by atoms with E-state index in [0.717, 1.165) is 0 Å². The number of ether oxygens (including phenoxy) is 2. The lowest BCUT2D eigenvalue weighted by Gasteiger charge is -2.21. The van der Waals surface area contributed by atoms with E-state index in [9.17, 15) is 14.2 Å². The van der Waals surface area contributed by atoms with Crippen molar-refractivity contribution >= 4 is 51.0 Å². The third-order valence-corrected chi connectivity index (χ3v) is 8.00. The molecule has 0 aliphatic carbocycles. The molecule has 0 bridgehead atoms. The molecular weight excluding hydrogens is 491 g/mol. The van der Waals surface area contributed by atoms with Crippen LogP contribution in [0.1, 0.15) is 20.7 Å². The largest absolute Gasteiger partial charge is 0.495 e. The van der Waals surface area contributed by atoms with Gasteiger partial charge in [-0.3, -0.25) is 9.59 Å². The van der Waals surface area contributed by atoms with Crippen LogP contribution in [0.25, 0.3) is 0 Å². The molecule has 0 aliphatic rings. The van der Waals surface area contributed by atoms with E-state index in [1.165, 1.54) is 44.6 Å². The van der Waals surface area contributed by atoms with Crippen LogP contribution in [0.5, 0.6) is 11.5 Å². The zero-order valence-corrected chi connectivity index (χ0v) is 19.3. The van der Waals surface area contributed by atoms with Crippen LogP contribution in [-0.4, -0.2) is 25.3 Å². The number of hydrogen-bond acceptors (Lipinski definition) is 5. The van der Waals surface area contributed by atoms with Crippen molar-refractivity contribution in [1.82, 2.24) is 0 Å². The molecule has 154 valence electrons. The number of carbonyl (C=O) groups is 2. The number of hydrogen-bond donors (Lipinski definition) is 0. The van der Waals surface area contributed by atoms with Crippen molar-refractivity contribution in [1.29, 1.82) is 0 Å². The normalized spacial score (nSPS) is 12.7. The minimum Gasteiger partial charge on any atom is -0.495 e. The molecule has 1 atom stereocenters. The smallest absolute Gasteiger partial charge is 0.248 e. The first-order valence-corrected chi connectivity index (χ1v) is 11.6. The molecule has 0 aliphatic heterocycles. The average molecular weight is 508 g/mol. The van der Waals surface area contributed by atoms with Crippen molar-refractivity contribution in [3.05, 3.63) is 87.4 Å². The third-order valence-electron chi connectivity index (χ3n) is 4.48. The van der Waals surface area contributed by atoms with Crippen LogP contribution in [-0.2, 0) is 4.57 Å². The molecule has 3 aromatic rings. The number of benzene rings is 3. The molecule has 8 heteroatoms. The summed E-state index contributed by atoms with van der Waals surface area (Å²) in [7, 11) is -1.65. The summed E-state index contributed by atoms with van der Waals surface area (Å²) in [5.41, 5.74) is -1.69. The van der Waals surface area contributed by atoms with Gasteiger partial charge in [0.25, 0.3) is 0 Å². The fourth-order valence-electron chi connectivity index (χ4n) is 3.06. The van der Waals surface area contributed by atoms with E-state index < -0.39 is 18.2 Å². The van der Waals surface area contributed by atoms with E-state index in [1.54, 1.807) is 36.4 Å². The monoisotopic (exact) mass is 506 g/mol. The van der Waals surface area contributed by atoms with E-state index in [0.29, 0.717) is 4.47 Å². The van der Waals surface area contributed by atoms with Gasteiger partial charge in [0.15, 0.2) is 5.75 Å². The van der Waals surface area contributed by atoms with Crippen LogP contribution in [0, 0.1) is 0 Å². The molecular formula is C22H17BrClO5P. The number of methoxy groups -OCH3 is 2. The predicted octanol–water partition coefficient (Wildman–Crippen LogP) is 5.79. The molecule has 30 heavy (non-hydrogen) atoms. The minimum atomic E-state index is -4.33. The van der Waals surface area contributed by atoms with Gasteiger partial charge in [-0.2, -0.15) is 0 Å². The summed E-state index contributed by atoms with van der Waals surface area (Å²) in [6.45, 7) is 0. The SMILES string of the molecule is COc1c(Cl)cc(Br)c(OC)c1C(=O)P(=O)(C(=O)c1ccccc1)c1ccccc1. The van der Waals surface area contributed by atoms with Gasteiger partial charge in [0.2, 0.25) is 18.2 Å². The van der Waals surface area contributed by atoms with Gasteiger partial charge >= 0.3 is 0 Å². The minimum absolute atomic E-state index is 0.0151. The van der Waals surface area contributed by atoms with E-state index in [4.69, 9.17) is 21.1 Å². The Hall–Kier alpha value is -2.40. The van der Waals surface area contributed by atoms with Crippen LogP contribution in [0.2, 0.25) is 5.02 Å². The van der Waals surface area contributed by atoms with Crippen LogP contribution in [0.4, 0.5) is 0 Å². The van der Waals surface area contributed by atoms with Crippen LogP contribution < -0.4 is 14.8 Å². The lowest BCUT2D eigenvalue weighted by molar-refractivity contribution is 0.103. The maximum absolute atomic E-state index is 14.3. The zero-order chi connectivity index (χ0) is 21.9. The van der Waals surface area contributed by atoms with Crippen molar-refractivity contribution in [3.63, 3.8) is 0 Å². The fraction of sp³-hybridized carbons (Fsp3) is 0.0909. The van der Waals surface area contributed by atoms with Crippen molar-refractivity contribution < 1.29 is 23.6 Å². The Labute approximate surface area is 187 Å². The number of halogens is 2. The van der Waals surface area contributed by atoms with E-state index in [1.807, 2.05) is 0 Å². The molecule has 0 heterocycles. The highest BCUT2D eigenvalue weighted by atomic mass is 79.9. The summed E-state index contributed by atoms with van der Waals surface area (Å²) in [6, 6.07) is 17.5. The summed E-state index contributed by atoms with van der Waals surface area (Å²) in [5.74, 6) is 0.0667.